The minimum absolute atomic E-state index is 0.223. The Morgan fingerprint density at radius 3 is 2.45 bits per heavy atom. The van der Waals surface area contributed by atoms with E-state index in [9.17, 15) is 4.79 Å². The summed E-state index contributed by atoms with van der Waals surface area (Å²) in [5, 5.41) is 0. The van der Waals surface area contributed by atoms with Gasteiger partial charge in [0.1, 0.15) is 5.75 Å². The molecule has 2 aromatic carbocycles. The number of hydrogen-bond acceptors (Lipinski definition) is 2. The molecule has 0 saturated heterocycles. The number of benzene rings is 2. The highest BCUT2D eigenvalue weighted by Gasteiger charge is 2.50. The molecule has 0 aliphatic heterocycles. The van der Waals surface area contributed by atoms with Gasteiger partial charge in [-0.05, 0) is 77.7 Å². The van der Waals surface area contributed by atoms with Gasteiger partial charge in [-0.15, -0.1) is 0 Å². The lowest BCUT2D eigenvalue weighted by molar-refractivity contribution is 0.0404. The summed E-state index contributed by atoms with van der Waals surface area (Å²) in [5.41, 5.74) is 5.39. The molecule has 0 unspecified atom stereocenters. The van der Waals surface area contributed by atoms with Gasteiger partial charge in [0.05, 0.1) is 5.56 Å². The first-order valence-corrected chi connectivity index (χ1v) is 11.2. The summed E-state index contributed by atoms with van der Waals surface area (Å²) in [6.45, 7) is 11.8. The third kappa shape index (κ3) is 3.41. The molecule has 0 radical (unpaired) electrons. The molecule has 0 amide bonds. The Hall–Kier alpha value is -2.09. The molecule has 4 rings (SSSR count). The monoisotopic (exact) mass is 390 g/mol. The highest BCUT2D eigenvalue weighted by molar-refractivity contribution is 5.91. The first kappa shape index (κ1) is 20.2. The molecule has 154 valence electrons. The normalized spacial score (nSPS) is 25.2. The van der Waals surface area contributed by atoms with E-state index in [0.29, 0.717) is 22.8 Å². The molecule has 1 fully saturated rings. The molecule has 0 bridgehead atoms. The molecule has 0 heterocycles. The lowest BCUT2D eigenvalue weighted by Crippen LogP contribution is -2.48. The van der Waals surface area contributed by atoms with Gasteiger partial charge in [-0.25, -0.2) is 4.79 Å². The Kier molecular flexibility index (Phi) is 5.09. The van der Waals surface area contributed by atoms with Crippen molar-refractivity contribution in [3.8, 4) is 5.75 Å². The second-order valence-electron chi connectivity index (χ2n) is 10.3. The van der Waals surface area contributed by atoms with Crippen LogP contribution >= 0.6 is 0 Å². The van der Waals surface area contributed by atoms with Crippen LogP contribution in [-0.4, -0.2) is 5.97 Å². The van der Waals surface area contributed by atoms with E-state index in [1.165, 1.54) is 42.4 Å². The molecule has 0 spiro atoms. The SMILES string of the molecule is CC(C)c1c(OC(=O)c2ccccc2)ccc2c1CC[C@H]1C(C)(C)CCC[C@]21C. The average molecular weight is 391 g/mol. The standard InChI is InChI=1S/C27H34O2/c1-18(2)24-20-12-15-23-26(3,4)16-9-17-27(23,5)21(20)13-14-22(24)29-25(28)19-10-7-6-8-11-19/h6-8,10-11,13-14,18,23H,9,12,15-17H2,1-5H3/t23-,27+/m0/s1. The molecule has 2 aliphatic carbocycles. The molecule has 2 heteroatoms. The van der Waals surface area contributed by atoms with Crippen LogP contribution in [0.2, 0.25) is 0 Å². The largest absolute Gasteiger partial charge is 0.423 e. The minimum Gasteiger partial charge on any atom is -0.423 e. The van der Waals surface area contributed by atoms with Crippen molar-refractivity contribution in [2.75, 3.05) is 0 Å². The number of carbonyl (C=O) groups excluding carboxylic acids is 1. The second kappa shape index (κ2) is 7.31. The van der Waals surface area contributed by atoms with Crippen molar-refractivity contribution in [1.29, 1.82) is 0 Å². The Morgan fingerprint density at radius 2 is 1.76 bits per heavy atom. The van der Waals surface area contributed by atoms with Crippen LogP contribution in [-0.2, 0) is 11.8 Å². The fourth-order valence-electron chi connectivity index (χ4n) is 6.35. The van der Waals surface area contributed by atoms with Crippen molar-refractivity contribution in [2.24, 2.45) is 11.3 Å². The van der Waals surface area contributed by atoms with Crippen LogP contribution < -0.4 is 4.74 Å². The summed E-state index contributed by atoms with van der Waals surface area (Å²) >= 11 is 0. The number of hydrogen-bond donors (Lipinski definition) is 0. The Morgan fingerprint density at radius 1 is 1.03 bits per heavy atom. The van der Waals surface area contributed by atoms with Crippen molar-refractivity contribution in [1.82, 2.24) is 0 Å². The molecule has 2 nitrogen and oxygen atoms in total. The van der Waals surface area contributed by atoms with Gasteiger partial charge in [0.15, 0.2) is 0 Å². The van der Waals surface area contributed by atoms with Gasteiger partial charge in [-0.2, -0.15) is 0 Å². The van der Waals surface area contributed by atoms with Gasteiger partial charge in [0.25, 0.3) is 0 Å². The molecule has 29 heavy (non-hydrogen) atoms. The van der Waals surface area contributed by atoms with E-state index >= 15 is 0 Å². The summed E-state index contributed by atoms with van der Waals surface area (Å²) < 4.78 is 5.93. The number of rotatable bonds is 3. The third-order valence-corrected chi connectivity index (χ3v) is 7.63. The molecular weight excluding hydrogens is 356 g/mol. The summed E-state index contributed by atoms with van der Waals surface area (Å²) in [5.74, 6) is 1.50. The van der Waals surface area contributed by atoms with Gasteiger partial charge < -0.3 is 4.74 Å². The first-order chi connectivity index (χ1) is 13.7. The van der Waals surface area contributed by atoms with E-state index in [1.54, 1.807) is 0 Å². The van der Waals surface area contributed by atoms with Crippen LogP contribution in [0.1, 0.15) is 93.3 Å². The average Bonchev–Trinajstić information content (AvgIpc) is 2.67. The highest BCUT2D eigenvalue weighted by Crippen LogP contribution is 2.58. The van der Waals surface area contributed by atoms with Gasteiger partial charge in [-0.1, -0.05) is 65.3 Å². The number of esters is 1. The number of ether oxygens (including phenoxy) is 1. The van der Waals surface area contributed by atoms with Gasteiger partial charge >= 0.3 is 5.97 Å². The van der Waals surface area contributed by atoms with E-state index in [1.807, 2.05) is 30.3 Å². The van der Waals surface area contributed by atoms with Crippen LogP contribution in [0.5, 0.6) is 5.75 Å². The van der Waals surface area contributed by atoms with Gasteiger partial charge in [0, 0.05) is 5.56 Å². The Labute approximate surface area is 175 Å². The van der Waals surface area contributed by atoms with Crippen molar-refractivity contribution in [3.05, 3.63) is 64.7 Å². The summed E-state index contributed by atoms with van der Waals surface area (Å²) in [4.78, 5) is 12.7. The first-order valence-electron chi connectivity index (χ1n) is 11.2. The van der Waals surface area contributed by atoms with Crippen LogP contribution in [0.25, 0.3) is 0 Å². The van der Waals surface area contributed by atoms with Crippen LogP contribution in [0.15, 0.2) is 42.5 Å². The zero-order valence-corrected chi connectivity index (χ0v) is 18.5. The topological polar surface area (TPSA) is 26.3 Å². The lowest BCUT2D eigenvalue weighted by Gasteiger charge is -2.54. The molecule has 1 saturated carbocycles. The minimum atomic E-state index is -0.272. The lowest BCUT2D eigenvalue weighted by atomic mass is 9.50. The van der Waals surface area contributed by atoms with Crippen molar-refractivity contribution < 1.29 is 9.53 Å². The fraction of sp³-hybridized carbons (Fsp3) is 0.519. The van der Waals surface area contributed by atoms with E-state index in [4.69, 9.17) is 4.74 Å². The quantitative estimate of drug-likeness (QED) is 0.414. The second-order valence-corrected chi connectivity index (χ2v) is 10.3. The third-order valence-electron chi connectivity index (χ3n) is 7.63. The van der Waals surface area contributed by atoms with Crippen molar-refractivity contribution >= 4 is 5.97 Å². The van der Waals surface area contributed by atoms with E-state index < -0.39 is 0 Å². The van der Waals surface area contributed by atoms with E-state index in [0.717, 1.165) is 12.2 Å². The Bertz CT molecular complexity index is 910. The van der Waals surface area contributed by atoms with Crippen LogP contribution in [0, 0.1) is 11.3 Å². The Balaban J connectivity index is 1.76. The fourth-order valence-corrected chi connectivity index (χ4v) is 6.35. The van der Waals surface area contributed by atoms with Gasteiger partial charge in [0.2, 0.25) is 0 Å². The smallest absolute Gasteiger partial charge is 0.343 e. The van der Waals surface area contributed by atoms with E-state index in [-0.39, 0.29) is 11.4 Å². The summed E-state index contributed by atoms with van der Waals surface area (Å²) in [6.07, 6.45) is 6.19. The van der Waals surface area contributed by atoms with Crippen LogP contribution in [0.4, 0.5) is 0 Å². The van der Waals surface area contributed by atoms with Gasteiger partial charge in [-0.3, -0.25) is 0 Å². The zero-order chi connectivity index (χ0) is 20.8. The maximum atomic E-state index is 12.7. The molecule has 2 aliphatic rings. The molecule has 0 N–H and O–H groups in total. The highest BCUT2D eigenvalue weighted by atomic mass is 16.5. The van der Waals surface area contributed by atoms with Crippen molar-refractivity contribution in [2.45, 2.75) is 78.1 Å². The molecule has 2 aromatic rings. The van der Waals surface area contributed by atoms with Crippen LogP contribution in [0.3, 0.4) is 0 Å². The molecule has 0 aromatic heterocycles. The predicted molar refractivity (Wildman–Crippen MR) is 119 cm³/mol. The number of fused-ring (bicyclic) bond motifs is 3. The van der Waals surface area contributed by atoms with Crippen molar-refractivity contribution in [3.63, 3.8) is 0 Å². The zero-order valence-electron chi connectivity index (χ0n) is 18.5. The maximum Gasteiger partial charge on any atom is 0.343 e. The predicted octanol–water partition coefficient (Wildman–Crippen LogP) is 7.06. The summed E-state index contributed by atoms with van der Waals surface area (Å²) in [6, 6.07) is 13.6. The molecular formula is C27H34O2. The maximum absolute atomic E-state index is 12.7. The van der Waals surface area contributed by atoms with E-state index in [2.05, 4.69) is 46.8 Å². The summed E-state index contributed by atoms with van der Waals surface area (Å²) in [7, 11) is 0. The number of carbonyl (C=O) groups is 1. The molecule has 2 atom stereocenters.